The first-order valence-corrected chi connectivity index (χ1v) is 6.18. The topological polar surface area (TPSA) is 32.3 Å². The van der Waals surface area contributed by atoms with Gasteiger partial charge >= 0.3 is 0 Å². The summed E-state index contributed by atoms with van der Waals surface area (Å²) in [6.45, 7) is 3.17. The summed E-state index contributed by atoms with van der Waals surface area (Å²) in [5.41, 5.74) is 2.76. The highest BCUT2D eigenvalue weighted by molar-refractivity contribution is 6.30. The van der Waals surface area contributed by atoms with E-state index in [1.807, 2.05) is 13.0 Å². The van der Waals surface area contributed by atoms with Crippen LogP contribution in [0.4, 0.5) is 0 Å². The van der Waals surface area contributed by atoms with Gasteiger partial charge in [-0.3, -0.25) is 0 Å². The molecule has 1 aromatic rings. The van der Waals surface area contributed by atoms with Crippen molar-refractivity contribution in [2.45, 2.75) is 25.8 Å². The Labute approximate surface area is 102 Å². The second kappa shape index (κ2) is 5.17. The average molecular weight is 240 g/mol. The average Bonchev–Trinajstić information content (AvgIpc) is 2.67. The number of nitrogens with one attached hydrogen (secondary N) is 1. The first-order valence-electron chi connectivity index (χ1n) is 5.80. The van der Waals surface area contributed by atoms with Crippen LogP contribution in [0, 0.1) is 5.92 Å². The predicted molar refractivity (Wildman–Crippen MR) is 66.9 cm³/mol. The summed E-state index contributed by atoms with van der Waals surface area (Å²) in [5.74, 6) is 0.326. The van der Waals surface area contributed by atoms with E-state index in [1.54, 1.807) is 0 Å². The molecule has 0 aromatic heterocycles. The van der Waals surface area contributed by atoms with Crippen molar-refractivity contribution in [1.82, 2.24) is 5.32 Å². The lowest BCUT2D eigenvalue weighted by Gasteiger charge is -2.14. The molecule has 2 unspecified atom stereocenters. The normalized spacial score (nSPS) is 20.8. The molecule has 3 heteroatoms. The minimum atomic E-state index is 0.249. The smallest absolute Gasteiger partial charge is 0.0468 e. The van der Waals surface area contributed by atoms with Crippen molar-refractivity contribution < 1.29 is 5.11 Å². The zero-order chi connectivity index (χ0) is 11.5. The highest BCUT2D eigenvalue weighted by Gasteiger charge is 2.21. The molecule has 2 N–H and O–H groups in total. The summed E-state index contributed by atoms with van der Waals surface area (Å²) >= 11 is 5.97. The maximum Gasteiger partial charge on any atom is 0.0468 e. The molecule has 0 spiro atoms. The Kier molecular flexibility index (Phi) is 3.85. The second-order valence-corrected chi connectivity index (χ2v) is 5.15. The van der Waals surface area contributed by atoms with Crippen LogP contribution in [0.5, 0.6) is 0 Å². The Morgan fingerprint density at radius 1 is 1.44 bits per heavy atom. The monoisotopic (exact) mass is 239 g/mol. The van der Waals surface area contributed by atoms with E-state index in [2.05, 4.69) is 17.4 Å². The fourth-order valence-electron chi connectivity index (χ4n) is 2.16. The largest absolute Gasteiger partial charge is 0.396 e. The molecule has 1 aliphatic carbocycles. The molecular formula is C13H18ClNO. The summed E-state index contributed by atoms with van der Waals surface area (Å²) in [4.78, 5) is 0. The van der Waals surface area contributed by atoms with Gasteiger partial charge in [-0.1, -0.05) is 24.6 Å². The molecule has 0 amide bonds. The molecule has 2 rings (SSSR count). The number of halogens is 1. The van der Waals surface area contributed by atoms with Crippen molar-refractivity contribution in [2.75, 3.05) is 13.2 Å². The lowest BCUT2D eigenvalue weighted by Crippen LogP contribution is -2.34. The predicted octanol–water partition coefficient (Wildman–Crippen LogP) is 2.03. The van der Waals surface area contributed by atoms with Gasteiger partial charge in [0.15, 0.2) is 0 Å². The van der Waals surface area contributed by atoms with Crippen LogP contribution < -0.4 is 5.32 Å². The van der Waals surface area contributed by atoms with E-state index in [-0.39, 0.29) is 6.61 Å². The molecule has 2 atom stereocenters. The van der Waals surface area contributed by atoms with Crippen LogP contribution in [0.3, 0.4) is 0 Å². The van der Waals surface area contributed by atoms with Gasteiger partial charge in [0.2, 0.25) is 0 Å². The van der Waals surface area contributed by atoms with Crippen molar-refractivity contribution in [2.24, 2.45) is 5.92 Å². The van der Waals surface area contributed by atoms with E-state index in [0.29, 0.717) is 12.0 Å². The highest BCUT2D eigenvalue weighted by Crippen LogP contribution is 2.25. The van der Waals surface area contributed by atoms with E-state index in [0.717, 1.165) is 24.4 Å². The number of hydrogen-bond acceptors (Lipinski definition) is 2. The van der Waals surface area contributed by atoms with Gasteiger partial charge < -0.3 is 10.4 Å². The Bertz CT molecular complexity index is 367. The Morgan fingerprint density at radius 2 is 2.19 bits per heavy atom. The van der Waals surface area contributed by atoms with Gasteiger partial charge in [0.05, 0.1) is 0 Å². The zero-order valence-electron chi connectivity index (χ0n) is 9.54. The van der Waals surface area contributed by atoms with Gasteiger partial charge in [-0.2, -0.15) is 0 Å². The van der Waals surface area contributed by atoms with E-state index >= 15 is 0 Å². The zero-order valence-corrected chi connectivity index (χ0v) is 10.3. The fraction of sp³-hybridized carbons (Fsp3) is 0.538. The fourth-order valence-corrected chi connectivity index (χ4v) is 2.36. The number of aliphatic hydroxyl groups is 1. The van der Waals surface area contributed by atoms with Gasteiger partial charge in [0, 0.05) is 24.2 Å². The minimum absolute atomic E-state index is 0.249. The molecular weight excluding hydrogens is 222 g/mol. The molecule has 2 nitrogen and oxygen atoms in total. The minimum Gasteiger partial charge on any atom is -0.396 e. The van der Waals surface area contributed by atoms with E-state index in [1.165, 1.54) is 11.1 Å². The first-order chi connectivity index (χ1) is 7.69. The Morgan fingerprint density at radius 3 is 2.94 bits per heavy atom. The molecule has 0 radical (unpaired) electrons. The maximum atomic E-state index is 8.96. The molecule has 0 bridgehead atoms. The third-order valence-corrected chi connectivity index (χ3v) is 3.40. The van der Waals surface area contributed by atoms with E-state index < -0.39 is 0 Å². The standard InChI is InChI=1S/C13H18ClNO/c1-9(8-16)7-15-13-5-10-2-3-12(14)4-11(10)6-13/h2-4,9,13,15-16H,5-8H2,1H3. The molecule has 88 valence electrons. The van der Waals surface area contributed by atoms with E-state index in [9.17, 15) is 0 Å². The quantitative estimate of drug-likeness (QED) is 0.843. The molecule has 0 aliphatic heterocycles. The maximum absolute atomic E-state index is 8.96. The number of fused-ring (bicyclic) bond motifs is 1. The van der Waals surface area contributed by atoms with Crippen molar-refractivity contribution >= 4 is 11.6 Å². The molecule has 0 heterocycles. The van der Waals surface area contributed by atoms with Crippen LogP contribution in [-0.2, 0) is 12.8 Å². The van der Waals surface area contributed by atoms with Gasteiger partial charge in [-0.25, -0.2) is 0 Å². The SMILES string of the molecule is CC(CO)CNC1Cc2ccc(Cl)cc2C1. The molecule has 0 saturated heterocycles. The number of benzene rings is 1. The van der Waals surface area contributed by atoms with Crippen LogP contribution in [0.25, 0.3) is 0 Å². The van der Waals surface area contributed by atoms with Crippen LogP contribution in [0.1, 0.15) is 18.1 Å². The summed E-state index contributed by atoms with van der Waals surface area (Å²) in [6, 6.07) is 6.64. The van der Waals surface area contributed by atoms with Crippen molar-refractivity contribution in [3.8, 4) is 0 Å². The third-order valence-electron chi connectivity index (χ3n) is 3.17. The number of hydrogen-bond donors (Lipinski definition) is 2. The van der Waals surface area contributed by atoms with E-state index in [4.69, 9.17) is 16.7 Å². The van der Waals surface area contributed by atoms with Crippen LogP contribution in [-0.4, -0.2) is 24.3 Å². The lowest BCUT2D eigenvalue weighted by atomic mass is 10.1. The van der Waals surface area contributed by atoms with Gasteiger partial charge in [0.25, 0.3) is 0 Å². The summed E-state index contributed by atoms with van der Waals surface area (Å²) < 4.78 is 0. The molecule has 16 heavy (non-hydrogen) atoms. The van der Waals surface area contributed by atoms with Crippen LogP contribution in [0.2, 0.25) is 5.02 Å². The van der Waals surface area contributed by atoms with Gasteiger partial charge in [0.1, 0.15) is 0 Å². The Hall–Kier alpha value is -0.570. The molecule has 0 saturated carbocycles. The lowest BCUT2D eigenvalue weighted by molar-refractivity contribution is 0.230. The van der Waals surface area contributed by atoms with Gasteiger partial charge in [-0.15, -0.1) is 0 Å². The van der Waals surface area contributed by atoms with Crippen molar-refractivity contribution in [1.29, 1.82) is 0 Å². The highest BCUT2D eigenvalue weighted by atomic mass is 35.5. The van der Waals surface area contributed by atoms with Crippen molar-refractivity contribution in [3.05, 3.63) is 34.3 Å². The molecule has 1 aromatic carbocycles. The van der Waals surface area contributed by atoms with Crippen LogP contribution in [0.15, 0.2) is 18.2 Å². The first kappa shape index (κ1) is 11.9. The Balaban J connectivity index is 1.90. The summed E-state index contributed by atoms with van der Waals surface area (Å²) in [7, 11) is 0. The number of rotatable bonds is 4. The number of aliphatic hydroxyl groups excluding tert-OH is 1. The molecule has 0 fully saturated rings. The van der Waals surface area contributed by atoms with Crippen LogP contribution >= 0.6 is 11.6 Å². The second-order valence-electron chi connectivity index (χ2n) is 4.71. The third kappa shape index (κ3) is 2.76. The summed E-state index contributed by atoms with van der Waals surface area (Å²) in [6.07, 6.45) is 2.12. The van der Waals surface area contributed by atoms with Gasteiger partial charge in [-0.05, 0) is 42.0 Å². The van der Waals surface area contributed by atoms with Crippen molar-refractivity contribution in [3.63, 3.8) is 0 Å². The summed E-state index contributed by atoms with van der Waals surface area (Å²) in [5, 5.41) is 13.3. The molecule has 1 aliphatic rings.